The Balaban J connectivity index is 1.73. The Kier molecular flexibility index (Phi) is 7.32. The molecule has 2 heterocycles. The zero-order valence-electron chi connectivity index (χ0n) is 17.0. The molecule has 0 saturated carbocycles. The molecule has 1 aromatic carbocycles. The maximum Gasteiger partial charge on any atom is 0.329 e. The summed E-state index contributed by atoms with van der Waals surface area (Å²) in [5.41, 5.74) is 5.96. The van der Waals surface area contributed by atoms with Crippen molar-refractivity contribution < 1.29 is 14.3 Å². The second-order valence-electron chi connectivity index (χ2n) is 7.50. The highest BCUT2D eigenvalue weighted by Gasteiger charge is 2.21. The fraction of sp³-hybridized carbons (Fsp3) is 0.450. The molecule has 9 heteroatoms. The van der Waals surface area contributed by atoms with Crippen molar-refractivity contribution in [2.75, 3.05) is 36.6 Å². The Hall–Kier alpha value is -2.33. The van der Waals surface area contributed by atoms with Crippen LogP contribution in [0.25, 0.3) is 0 Å². The predicted molar refractivity (Wildman–Crippen MR) is 117 cm³/mol. The predicted octanol–water partition coefficient (Wildman–Crippen LogP) is 2.06. The van der Waals surface area contributed by atoms with Crippen LogP contribution in [0.3, 0.4) is 0 Å². The number of nitrogens with one attached hydrogen (secondary N) is 1. The lowest BCUT2D eigenvalue weighted by atomic mass is 10.2. The van der Waals surface area contributed by atoms with Crippen molar-refractivity contribution in [3.63, 3.8) is 0 Å². The second-order valence-corrected chi connectivity index (χ2v) is 10.4. The maximum absolute atomic E-state index is 9.66. The van der Waals surface area contributed by atoms with Gasteiger partial charge in [-0.3, -0.25) is 0 Å². The van der Waals surface area contributed by atoms with Gasteiger partial charge in [-0.15, -0.1) is 0 Å². The molecule has 1 saturated heterocycles. The lowest BCUT2D eigenvalue weighted by Gasteiger charge is -2.28. The molecule has 1 fully saturated rings. The van der Waals surface area contributed by atoms with Crippen molar-refractivity contribution >= 4 is 26.5 Å². The summed E-state index contributed by atoms with van der Waals surface area (Å²) in [6, 6.07) is 10.4. The van der Waals surface area contributed by atoms with Crippen molar-refractivity contribution in [1.82, 2.24) is 9.97 Å². The topological polar surface area (TPSA) is 103 Å². The van der Waals surface area contributed by atoms with Gasteiger partial charge in [0.2, 0.25) is 5.95 Å². The number of rotatable bonds is 8. The van der Waals surface area contributed by atoms with Crippen LogP contribution in [0.15, 0.2) is 35.4 Å². The van der Waals surface area contributed by atoms with Gasteiger partial charge in [0.15, 0.2) is 0 Å². The number of nitrogens with zero attached hydrogens (tertiary/aromatic N) is 4. The third-order valence-corrected chi connectivity index (χ3v) is 5.91. The molecule has 8 nitrogen and oxygen atoms in total. The molecular weight excluding hydrogens is 386 g/mol. The average Bonchev–Trinajstić information content (AvgIpc) is 2.68. The third kappa shape index (κ3) is 7.21. The number of aromatic nitrogens is 2. The monoisotopic (exact) mass is 415 g/mol. The molecule has 3 N–H and O–H groups in total. The van der Waals surface area contributed by atoms with E-state index in [-0.39, 0.29) is 0 Å². The highest BCUT2D eigenvalue weighted by molar-refractivity contribution is 6.63. The molecule has 2 aromatic rings. The summed E-state index contributed by atoms with van der Waals surface area (Å²) in [7, 11) is -3.04. The standard InChI is InChI=1S/C20H29N5O3Si/c1-16-5-3-6-17(13-16)15-21-24-20-22-18(7-4-12-29(2,26)27)14-19(23-20)25-8-10-28-11-9-25/h3,5-6,13-15,26-27H,4,7-12H2,1-2H3,(H,22,23,24)/b21-15+. The summed E-state index contributed by atoms with van der Waals surface area (Å²) in [4.78, 5) is 30.7. The number of hydrogen-bond donors (Lipinski definition) is 3. The maximum atomic E-state index is 9.66. The third-order valence-electron chi connectivity index (χ3n) is 4.60. The van der Waals surface area contributed by atoms with Gasteiger partial charge in [-0.2, -0.15) is 10.1 Å². The molecule has 0 bridgehead atoms. The van der Waals surface area contributed by atoms with Crippen molar-refractivity contribution in [2.45, 2.75) is 32.4 Å². The first-order chi connectivity index (χ1) is 13.9. The molecule has 3 rings (SSSR count). The number of benzene rings is 1. The van der Waals surface area contributed by atoms with E-state index >= 15 is 0 Å². The summed E-state index contributed by atoms with van der Waals surface area (Å²) in [6.07, 6.45) is 3.06. The molecule has 0 atom stereocenters. The molecule has 1 aromatic heterocycles. The van der Waals surface area contributed by atoms with Crippen LogP contribution in [-0.4, -0.2) is 60.6 Å². The summed E-state index contributed by atoms with van der Waals surface area (Å²) >= 11 is 0. The van der Waals surface area contributed by atoms with Crippen molar-refractivity contribution in [3.8, 4) is 0 Å². The molecule has 0 spiro atoms. The van der Waals surface area contributed by atoms with E-state index in [0.29, 0.717) is 38.0 Å². The molecule has 0 amide bonds. The summed E-state index contributed by atoms with van der Waals surface area (Å²) in [6.45, 7) is 6.47. The molecule has 1 aliphatic heterocycles. The zero-order chi connectivity index (χ0) is 20.7. The number of aryl methyl sites for hydroxylation is 2. The Bertz CT molecular complexity index is 835. The van der Waals surface area contributed by atoms with Gasteiger partial charge in [-0.05, 0) is 37.9 Å². The van der Waals surface area contributed by atoms with Gasteiger partial charge in [0.25, 0.3) is 0 Å². The van der Waals surface area contributed by atoms with E-state index in [1.54, 1.807) is 6.21 Å². The Morgan fingerprint density at radius 2 is 2.03 bits per heavy atom. The van der Waals surface area contributed by atoms with Crippen LogP contribution in [-0.2, 0) is 11.2 Å². The minimum Gasteiger partial charge on any atom is -0.411 e. The smallest absolute Gasteiger partial charge is 0.329 e. The van der Waals surface area contributed by atoms with E-state index in [0.717, 1.165) is 30.2 Å². The number of morpholine rings is 1. The second kappa shape index (κ2) is 9.93. The lowest BCUT2D eigenvalue weighted by Crippen LogP contribution is -2.37. The van der Waals surface area contributed by atoms with E-state index in [1.165, 1.54) is 12.1 Å². The van der Waals surface area contributed by atoms with Crippen LogP contribution >= 0.6 is 0 Å². The Morgan fingerprint density at radius 1 is 1.24 bits per heavy atom. The van der Waals surface area contributed by atoms with Gasteiger partial charge in [0.1, 0.15) is 5.82 Å². The van der Waals surface area contributed by atoms with E-state index in [1.807, 2.05) is 37.3 Å². The van der Waals surface area contributed by atoms with Crippen molar-refractivity contribution in [3.05, 3.63) is 47.2 Å². The SMILES string of the molecule is Cc1cccc(/C=N/Nc2nc(CCC[Si](C)(O)O)cc(N3CCOCC3)n2)c1. The first-order valence-electron chi connectivity index (χ1n) is 9.90. The van der Waals surface area contributed by atoms with Crippen molar-refractivity contribution in [2.24, 2.45) is 5.10 Å². The molecule has 0 unspecified atom stereocenters. The number of ether oxygens (including phenoxy) is 1. The van der Waals surface area contributed by atoms with Crippen LogP contribution < -0.4 is 10.3 Å². The van der Waals surface area contributed by atoms with Gasteiger partial charge < -0.3 is 19.2 Å². The first kappa shape index (κ1) is 21.4. The number of hydrogen-bond acceptors (Lipinski definition) is 8. The van der Waals surface area contributed by atoms with Gasteiger partial charge in [0, 0.05) is 24.8 Å². The molecule has 1 aliphatic rings. The lowest BCUT2D eigenvalue weighted by molar-refractivity contribution is 0.122. The molecule has 0 radical (unpaired) electrons. The van der Waals surface area contributed by atoms with E-state index in [9.17, 15) is 9.59 Å². The molecule has 0 aliphatic carbocycles. The Morgan fingerprint density at radius 3 is 2.76 bits per heavy atom. The van der Waals surface area contributed by atoms with E-state index in [4.69, 9.17) is 4.74 Å². The quantitative estimate of drug-likeness (QED) is 0.344. The van der Waals surface area contributed by atoms with Crippen LogP contribution in [0, 0.1) is 6.92 Å². The highest BCUT2D eigenvalue weighted by atomic mass is 28.4. The minimum absolute atomic E-state index is 0.415. The van der Waals surface area contributed by atoms with Gasteiger partial charge in [-0.25, -0.2) is 10.4 Å². The Labute approximate surface area is 172 Å². The minimum atomic E-state index is -3.04. The summed E-state index contributed by atoms with van der Waals surface area (Å²) in [5, 5.41) is 4.28. The van der Waals surface area contributed by atoms with Crippen LogP contribution in [0.4, 0.5) is 11.8 Å². The summed E-state index contributed by atoms with van der Waals surface area (Å²) < 4.78 is 5.43. The average molecular weight is 416 g/mol. The summed E-state index contributed by atoms with van der Waals surface area (Å²) in [5.74, 6) is 1.26. The fourth-order valence-corrected chi connectivity index (χ4v) is 3.98. The zero-order valence-corrected chi connectivity index (χ0v) is 18.0. The molecule has 29 heavy (non-hydrogen) atoms. The van der Waals surface area contributed by atoms with E-state index in [2.05, 4.69) is 25.4 Å². The van der Waals surface area contributed by atoms with Crippen LogP contribution in [0.1, 0.15) is 23.2 Å². The van der Waals surface area contributed by atoms with Crippen LogP contribution in [0.2, 0.25) is 12.6 Å². The molecule has 156 valence electrons. The van der Waals surface area contributed by atoms with E-state index < -0.39 is 8.56 Å². The van der Waals surface area contributed by atoms with Gasteiger partial charge >= 0.3 is 8.56 Å². The van der Waals surface area contributed by atoms with Crippen LogP contribution in [0.5, 0.6) is 0 Å². The first-order valence-corrected chi connectivity index (χ1v) is 12.5. The highest BCUT2D eigenvalue weighted by Crippen LogP contribution is 2.19. The number of hydrazone groups is 1. The van der Waals surface area contributed by atoms with Gasteiger partial charge in [0.05, 0.1) is 19.4 Å². The van der Waals surface area contributed by atoms with Gasteiger partial charge in [-0.1, -0.05) is 29.8 Å². The number of anilines is 2. The molecular formula is C20H29N5O3Si. The fourth-order valence-electron chi connectivity index (χ4n) is 3.13. The normalized spacial score (nSPS) is 15.1. The van der Waals surface area contributed by atoms with Crippen molar-refractivity contribution in [1.29, 1.82) is 0 Å². The largest absolute Gasteiger partial charge is 0.411 e.